The van der Waals surface area contributed by atoms with E-state index in [1.54, 1.807) is 0 Å². The topological polar surface area (TPSA) is 3.24 Å². The van der Waals surface area contributed by atoms with Crippen LogP contribution in [0.5, 0.6) is 0 Å². The Morgan fingerprint density at radius 3 is 1.50 bits per heavy atom. The summed E-state index contributed by atoms with van der Waals surface area (Å²) in [6.07, 6.45) is 0. The highest BCUT2D eigenvalue weighted by atomic mass is 32.2. The third-order valence-corrected chi connectivity index (χ3v) is 14.2. The van der Waals surface area contributed by atoms with Crippen molar-refractivity contribution in [1.29, 1.82) is 0 Å². The van der Waals surface area contributed by atoms with Crippen molar-refractivity contribution in [3.63, 3.8) is 0 Å². The molecule has 60 heavy (non-hydrogen) atoms. The van der Waals surface area contributed by atoms with E-state index in [1.807, 2.05) is 11.8 Å². The fourth-order valence-electron chi connectivity index (χ4n) is 10.4. The van der Waals surface area contributed by atoms with Crippen molar-refractivity contribution in [3.8, 4) is 33.4 Å². The molecule has 0 radical (unpaired) electrons. The van der Waals surface area contributed by atoms with E-state index in [4.69, 9.17) is 0 Å². The van der Waals surface area contributed by atoms with E-state index in [2.05, 4.69) is 230 Å². The lowest BCUT2D eigenvalue weighted by Crippen LogP contribution is -2.32. The van der Waals surface area contributed by atoms with Crippen molar-refractivity contribution in [2.45, 2.75) is 22.1 Å². The summed E-state index contributed by atoms with van der Waals surface area (Å²) in [6, 6.07) is 81.1. The average molecular weight is 782 g/mol. The molecule has 0 saturated heterocycles. The van der Waals surface area contributed by atoms with Gasteiger partial charge in [-0.2, -0.15) is 0 Å². The molecule has 10 aromatic carbocycles. The van der Waals surface area contributed by atoms with Gasteiger partial charge in [-0.05, 0) is 97.6 Å². The van der Waals surface area contributed by atoms with E-state index in [0.29, 0.717) is 0 Å². The molecule has 0 saturated carbocycles. The van der Waals surface area contributed by atoms with E-state index in [9.17, 15) is 0 Å². The second-order valence-electron chi connectivity index (χ2n) is 16.0. The summed E-state index contributed by atoms with van der Waals surface area (Å²) in [6.45, 7) is 2.27. The van der Waals surface area contributed by atoms with E-state index in [1.165, 1.54) is 92.5 Å². The van der Waals surface area contributed by atoms with Crippen LogP contribution in [0.25, 0.3) is 54.9 Å². The zero-order valence-corrected chi connectivity index (χ0v) is 34.0. The lowest BCUT2D eigenvalue weighted by atomic mass is 9.67. The van der Waals surface area contributed by atoms with Gasteiger partial charge >= 0.3 is 0 Å². The van der Waals surface area contributed by atoms with Gasteiger partial charge in [-0.1, -0.05) is 206 Å². The van der Waals surface area contributed by atoms with Gasteiger partial charge in [0.25, 0.3) is 0 Å². The van der Waals surface area contributed by atoms with Crippen LogP contribution in [-0.2, 0) is 5.41 Å². The highest BCUT2D eigenvalue weighted by Gasteiger charge is 2.51. The predicted molar refractivity (Wildman–Crippen MR) is 253 cm³/mol. The van der Waals surface area contributed by atoms with Crippen LogP contribution in [0.3, 0.4) is 0 Å². The van der Waals surface area contributed by atoms with Crippen LogP contribution in [0.1, 0.15) is 27.8 Å². The van der Waals surface area contributed by atoms with Crippen LogP contribution in [0.4, 0.5) is 17.1 Å². The van der Waals surface area contributed by atoms with Crippen molar-refractivity contribution >= 4 is 50.4 Å². The van der Waals surface area contributed by atoms with Crippen molar-refractivity contribution in [2.24, 2.45) is 0 Å². The number of nitrogens with zero attached hydrogens (tertiary/aromatic N) is 1. The summed E-state index contributed by atoms with van der Waals surface area (Å²) >= 11 is 1.91. The lowest BCUT2D eigenvalue weighted by molar-refractivity contribution is 0.719. The molecule has 0 amide bonds. The van der Waals surface area contributed by atoms with Gasteiger partial charge < -0.3 is 4.90 Å². The fourth-order valence-corrected chi connectivity index (χ4v) is 11.6. The molecule has 0 fully saturated rings. The molecule has 282 valence electrons. The van der Waals surface area contributed by atoms with E-state index in [0.717, 1.165) is 17.1 Å². The van der Waals surface area contributed by atoms with Gasteiger partial charge in [-0.25, -0.2) is 0 Å². The Bertz CT molecular complexity index is 3190. The fraction of sp³-hybridized carbons (Fsp3) is 0.0345. The summed E-state index contributed by atoms with van der Waals surface area (Å²) in [5.74, 6) is 0. The predicted octanol–water partition coefficient (Wildman–Crippen LogP) is 15.9. The SMILES string of the molecule is Cc1cccc2c1Sc1ccccc1C21c2ccccc2-c2c(N(c3ccc(-c4ccccc4)c4ccccc34)c3ccc(-c4ccccc4)c4ccccc34)cccc21. The molecule has 1 spiro atoms. The maximum atomic E-state index is 2.57. The monoisotopic (exact) mass is 781 g/mol. The van der Waals surface area contributed by atoms with Gasteiger partial charge in [0, 0.05) is 26.1 Å². The highest BCUT2D eigenvalue weighted by Crippen LogP contribution is 2.64. The van der Waals surface area contributed by atoms with Crippen LogP contribution in [-0.4, -0.2) is 0 Å². The molecule has 0 N–H and O–H groups in total. The molecule has 1 unspecified atom stereocenters. The maximum absolute atomic E-state index is 2.57. The normalized spacial score (nSPS) is 14.8. The van der Waals surface area contributed by atoms with Gasteiger partial charge in [0.05, 0.1) is 22.5 Å². The maximum Gasteiger partial charge on any atom is 0.0736 e. The average Bonchev–Trinajstić information content (AvgIpc) is 3.61. The molecule has 0 bridgehead atoms. The van der Waals surface area contributed by atoms with Crippen LogP contribution < -0.4 is 4.90 Å². The minimum absolute atomic E-state index is 0.491. The van der Waals surface area contributed by atoms with Crippen LogP contribution in [0.15, 0.2) is 228 Å². The van der Waals surface area contributed by atoms with Crippen LogP contribution in [0.2, 0.25) is 0 Å². The summed E-state index contributed by atoms with van der Waals surface area (Å²) in [5, 5.41) is 4.86. The Balaban J connectivity index is 1.21. The number of hydrogen-bond donors (Lipinski definition) is 0. The largest absolute Gasteiger partial charge is 0.309 e. The van der Waals surface area contributed by atoms with Crippen molar-refractivity contribution in [2.75, 3.05) is 4.90 Å². The van der Waals surface area contributed by atoms with Gasteiger partial charge in [0.2, 0.25) is 0 Å². The molecule has 1 nitrogen and oxygen atoms in total. The minimum atomic E-state index is -0.491. The summed E-state index contributed by atoms with van der Waals surface area (Å²) < 4.78 is 0. The molecule has 1 aliphatic carbocycles. The Morgan fingerprint density at radius 2 is 0.850 bits per heavy atom. The molecule has 1 aliphatic heterocycles. The number of fused-ring (bicyclic) bond motifs is 11. The quantitative estimate of drug-likeness (QED) is 0.171. The number of rotatable bonds is 5. The first-order chi connectivity index (χ1) is 29.7. The third-order valence-electron chi connectivity index (χ3n) is 12.9. The van der Waals surface area contributed by atoms with Gasteiger partial charge in [0.1, 0.15) is 0 Å². The van der Waals surface area contributed by atoms with Crippen molar-refractivity contribution < 1.29 is 0 Å². The first-order valence-electron chi connectivity index (χ1n) is 20.8. The standard InChI is InChI=1S/C58H39NS/c1-38-18-16-31-51-57(38)60-55-33-15-14-29-49(55)58(51)48-28-13-12-27-47(48)56-50(58)30-17-32-54(56)59(52-36-34-41(39-19-4-2-5-20-39)43-23-8-10-25-45(43)52)53-37-35-42(40-21-6-3-7-22-40)44-24-9-11-26-46(44)53/h2-37H,1H3. The van der Waals surface area contributed by atoms with Gasteiger partial charge in [0.15, 0.2) is 0 Å². The number of benzene rings is 10. The number of aryl methyl sites for hydroxylation is 1. The van der Waals surface area contributed by atoms with Gasteiger partial charge in [-0.15, -0.1) is 0 Å². The Hall–Kier alpha value is -7.13. The Morgan fingerprint density at radius 1 is 0.350 bits per heavy atom. The van der Waals surface area contributed by atoms with Crippen LogP contribution in [0, 0.1) is 6.92 Å². The molecule has 2 aliphatic rings. The second-order valence-corrected chi connectivity index (χ2v) is 17.0. The minimum Gasteiger partial charge on any atom is -0.309 e. The summed E-state index contributed by atoms with van der Waals surface area (Å²) in [4.78, 5) is 5.24. The second kappa shape index (κ2) is 13.7. The Kier molecular flexibility index (Phi) is 7.98. The molecule has 2 heteroatoms. The third kappa shape index (κ3) is 5.01. The Labute approximate surface area is 355 Å². The molecular formula is C58H39NS. The smallest absolute Gasteiger partial charge is 0.0736 e. The summed E-state index contributed by atoms with van der Waals surface area (Å²) in [5.41, 5.74) is 17.1. The van der Waals surface area contributed by atoms with E-state index >= 15 is 0 Å². The molecule has 1 heterocycles. The van der Waals surface area contributed by atoms with Crippen molar-refractivity contribution in [1.82, 2.24) is 0 Å². The van der Waals surface area contributed by atoms with Crippen molar-refractivity contribution in [3.05, 3.63) is 246 Å². The molecule has 0 aromatic heterocycles. The zero-order valence-electron chi connectivity index (χ0n) is 33.1. The first kappa shape index (κ1) is 34.9. The van der Waals surface area contributed by atoms with E-state index < -0.39 is 5.41 Å². The van der Waals surface area contributed by atoms with E-state index in [-0.39, 0.29) is 0 Å². The van der Waals surface area contributed by atoms with Gasteiger partial charge in [-0.3, -0.25) is 0 Å². The lowest BCUT2D eigenvalue weighted by Gasteiger charge is -2.40. The number of hydrogen-bond acceptors (Lipinski definition) is 2. The first-order valence-corrected chi connectivity index (χ1v) is 21.6. The summed E-state index contributed by atoms with van der Waals surface area (Å²) in [7, 11) is 0. The number of anilines is 3. The molecule has 10 aromatic rings. The highest BCUT2D eigenvalue weighted by molar-refractivity contribution is 7.99. The molecular weight excluding hydrogens is 743 g/mol. The zero-order chi connectivity index (χ0) is 39.8. The van der Waals surface area contributed by atoms with Crippen LogP contribution >= 0.6 is 11.8 Å². The molecule has 1 atom stereocenters. The molecule has 12 rings (SSSR count).